The SMILES string of the molecule is CNC(c1csc(I)c1)c1ccc(OC)c(OC)c1. The highest BCUT2D eigenvalue weighted by molar-refractivity contribution is 14.1. The Kier molecular flexibility index (Phi) is 5.06. The second kappa shape index (κ2) is 6.58. The second-order valence-electron chi connectivity index (χ2n) is 4.02. The Morgan fingerprint density at radius 3 is 2.37 bits per heavy atom. The number of rotatable bonds is 5. The van der Waals surface area contributed by atoms with Crippen LogP contribution in [0.5, 0.6) is 11.5 Å². The summed E-state index contributed by atoms with van der Waals surface area (Å²) in [4.78, 5) is 0. The highest BCUT2D eigenvalue weighted by Crippen LogP contribution is 2.33. The first-order chi connectivity index (χ1) is 9.19. The van der Waals surface area contributed by atoms with E-state index >= 15 is 0 Å². The molecule has 1 aromatic carbocycles. The van der Waals surface area contributed by atoms with Gasteiger partial charge in [-0.2, -0.15) is 0 Å². The smallest absolute Gasteiger partial charge is 0.161 e. The average molecular weight is 389 g/mol. The van der Waals surface area contributed by atoms with Crippen LogP contribution in [0.1, 0.15) is 17.2 Å². The van der Waals surface area contributed by atoms with Crippen LogP contribution in [0.4, 0.5) is 0 Å². The third kappa shape index (κ3) is 3.21. The second-order valence-corrected chi connectivity index (χ2v) is 6.83. The molecule has 0 spiro atoms. The van der Waals surface area contributed by atoms with E-state index in [1.807, 2.05) is 19.2 Å². The van der Waals surface area contributed by atoms with E-state index in [1.54, 1.807) is 25.6 Å². The highest BCUT2D eigenvalue weighted by atomic mass is 127. The fourth-order valence-electron chi connectivity index (χ4n) is 2.03. The fourth-order valence-corrected chi connectivity index (χ4v) is 3.43. The molecule has 19 heavy (non-hydrogen) atoms. The zero-order valence-corrected chi connectivity index (χ0v) is 14.0. The van der Waals surface area contributed by atoms with E-state index in [-0.39, 0.29) is 6.04 Å². The van der Waals surface area contributed by atoms with Gasteiger partial charge in [0.25, 0.3) is 0 Å². The van der Waals surface area contributed by atoms with E-state index in [4.69, 9.17) is 9.47 Å². The predicted molar refractivity (Wildman–Crippen MR) is 87.5 cm³/mol. The Balaban J connectivity index is 2.38. The number of hydrogen-bond acceptors (Lipinski definition) is 4. The highest BCUT2D eigenvalue weighted by Gasteiger charge is 2.15. The van der Waals surface area contributed by atoms with Gasteiger partial charge in [-0.15, -0.1) is 11.3 Å². The molecule has 102 valence electrons. The van der Waals surface area contributed by atoms with Crippen LogP contribution in [0.3, 0.4) is 0 Å². The lowest BCUT2D eigenvalue weighted by Crippen LogP contribution is -2.17. The maximum absolute atomic E-state index is 5.36. The number of thiophene rings is 1. The lowest BCUT2D eigenvalue weighted by atomic mass is 10.0. The first kappa shape index (κ1) is 14.6. The first-order valence-corrected chi connectivity index (χ1v) is 7.78. The van der Waals surface area contributed by atoms with Gasteiger partial charge in [-0.1, -0.05) is 6.07 Å². The largest absolute Gasteiger partial charge is 0.493 e. The number of methoxy groups -OCH3 is 2. The van der Waals surface area contributed by atoms with Gasteiger partial charge in [0, 0.05) is 0 Å². The van der Waals surface area contributed by atoms with Gasteiger partial charge in [0.1, 0.15) is 0 Å². The summed E-state index contributed by atoms with van der Waals surface area (Å²) >= 11 is 4.09. The molecule has 0 amide bonds. The molecule has 3 nitrogen and oxygen atoms in total. The van der Waals surface area contributed by atoms with Gasteiger partial charge in [-0.3, -0.25) is 0 Å². The molecule has 0 radical (unpaired) electrons. The summed E-state index contributed by atoms with van der Waals surface area (Å²) in [5.41, 5.74) is 2.43. The van der Waals surface area contributed by atoms with Crippen molar-refractivity contribution < 1.29 is 9.47 Å². The van der Waals surface area contributed by atoms with Crippen molar-refractivity contribution >= 4 is 33.9 Å². The zero-order valence-electron chi connectivity index (χ0n) is 11.1. The summed E-state index contributed by atoms with van der Waals surface area (Å²) in [6, 6.07) is 8.39. The van der Waals surface area contributed by atoms with Gasteiger partial charge in [0.15, 0.2) is 11.5 Å². The van der Waals surface area contributed by atoms with Crippen molar-refractivity contribution in [2.75, 3.05) is 21.3 Å². The molecule has 0 aliphatic heterocycles. The van der Waals surface area contributed by atoms with Crippen LogP contribution in [-0.2, 0) is 0 Å². The third-order valence-corrected chi connectivity index (χ3v) is 4.76. The predicted octanol–water partition coefficient (Wildman–Crippen LogP) is 3.68. The molecule has 0 aliphatic rings. The third-order valence-electron chi connectivity index (χ3n) is 2.95. The summed E-state index contributed by atoms with van der Waals surface area (Å²) in [5, 5.41) is 5.52. The minimum absolute atomic E-state index is 0.166. The van der Waals surface area contributed by atoms with Crippen molar-refractivity contribution in [2.45, 2.75) is 6.04 Å². The molecule has 0 bridgehead atoms. The van der Waals surface area contributed by atoms with Crippen LogP contribution in [0.15, 0.2) is 29.6 Å². The standard InChI is InChI=1S/C14H16INO2S/c1-16-14(10-7-13(15)19-8-10)9-4-5-11(17-2)12(6-9)18-3/h4-8,14,16H,1-3H3. The molecule has 0 saturated heterocycles. The Bertz CT molecular complexity index is 556. The van der Waals surface area contributed by atoms with Crippen LogP contribution >= 0.6 is 33.9 Å². The van der Waals surface area contributed by atoms with Crippen LogP contribution in [0.2, 0.25) is 0 Å². The number of nitrogens with one attached hydrogen (secondary N) is 1. The monoisotopic (exact) mass is 389 g/mol. The van der Waals surface area contributed by atoms with E-state index in [1.165, 1.54) is 8.45 Å². The molecular formula is C14H16INO2S. The number of benzene rings is 1. The molecule has 1 N–H and O–H groups in total. The Morgan fingerprint density at radius 1 is 1.11 bits per heavy atom. The summed E-state index contributed by atoms with van der Waals surface area (Å²) in [7, 11) is 5.27. The van der Waals surface area contributed by atoms with Crippen molar-refractivity contribution in [3.05, 3.63) is 43.7 Å². The normalized spacial score (nSPS) is 12.2. The lowest BCUT2D eigenvalue weighted by Gasteiger charge is -2.17. The maximum atomic E-state index is 5.36. The Morgan fingerprint density at radius 2 is 1.84 bits per heavy atom. The Hall–Kier alpha value is -0.790. The molecule has 1 unspecified atom stereocenters. The number of ether oxygens (including phenoxy) is 2. The van der Waals surface area contributed by atoms with Crippen molar-refractivity contribution in [3.8, 4) is 11.5 Å². The van der Waals surface area contributed by atoms with Crippen LogP contribution in [-0.4, -0.2) is 21.3 Å². The number of hydrogen-bond donors (Lipinski definition) is 1. The molecule has 1 heterocycles. The van der Waals surface area contributed by atoms with Crippen molar-refractivity contribution in [1.29, 1.82) is 0 Å². The lowest BCUT2D eigenvalue weighted by molar-refractivity contribution is 0.354. The number of halogens is 1. The van der Waals surface area contributed by atoms with Gasteiger partial charge >= 0.3 is 0 Å². The minimum Gasteiger partial charge on any atom is -0.493 e. The molecule has 0 aliphatic carbocycles. The molecule has 1 atom stereocenters. The topological polar surface area (TPSA) is 30.5 Å². The summed E-state index contributed by atoms with van der Waals surface area (Å²) < 4.78 is 11.9. The first-order valence-electron chi connectivity index (χ1n) is 5.82. The van der Waals surface area contributed by atoms with Crippen molar-refractivity contribution in [1.82, 2.24) is 5.32 Å². The van der Waals surface area contributed by atoms with Gasteiger partial charge in [-0.05, 0) is 64.3 Å². The minimum atomic E-state index is 0.166. The van der Waals surface area contributed by atoms with Crippen LogP contribution < -0.4 is 14.8 Å². The molecule has 5 heteroatoms. The van der Waals surface area contributed by atoms with Gasteiger partial charge in [0.05, 0.1) is 23.1 Å². The molecule has 0 fully saturated rings. The maximum Gasteiger partial charge on any atom is 0.161 e. The van der Waals surface area contributed by atoms with Gasteiger partial charge in [0.2, 0.25) is 0 Å². The summed E-state index contributed by atoms with van der Waals surface area (Å²) in [6.45, 7) is 0. The Labute approximate surface area is 131 Å². The van der Waals surface area contributed by atoms with Gasteiger partial charge < -0.3 is 14.8 Å². The molecule has 2 rings (SSSR count). The summed E-state index contributed by atoms with van der Waals surface area (Å²) in [6.07, 6.45) is 0. The van der Waals surface area contributed by atoms with Crippen molar-refractivity contribution in [2.24, 2.45) is 0 Å². The quantitative estimate of drug-likeness (QED) is 0.792. The van der Waals surface area contributed by atoms with E-state index in [0.717, 1.165) is 17.1 Å². The van der Waals surface area contributed by atoms with E-state index < -0.39 is 0 Å². The zero-order chi connectivity index (χ0) is 13.8. The molecule has 1 aromatic heterocycles. The fraction of sp³-hybridized carbons (Fsp3) is 0.286. The average Bonchev–Trinajstić information content (AvgIpc) is 2.86. The van der Waals surface area contributed by atoms with Crippen LogP contribution in [0.25, 0.3) is 0 Å². The molecule has 2 aromatic rings. The molecule has 0 saturated carbocycles. The van der Waals surface area contributed by atoms with E-state index in [2.05, 4.69) is 45.4 Å². The van der Waals surface area contributed by atoms with Crippen molar-refractivity contribution in [3.63, 3.8) is 0 Å². The molecular weight excluding hydrogens is 373 g/mol. The van der Waals surface area contributed by atoms with E-state index in [9.17, 15) is 0 Å². The van der Waals surface area contributed by atoms with Gasteiger partial charge in [-0.25, -0.2) is 0 Å². The van der Waals surface area contributed by atoms with Crippen LogP contribution in [0, 0.1) is 2.88 Å². The summed E-state index contributed by atoms with van der Waals surface area (Å²) in [5.74, 6) is 1.51. The van der Waals surface area contributed by atoms with E-state index in [0.29, 0.717) is 0 Å².